The molecule has 0 aliphatic carbocycles. The Labute approximate surface area is 192 Å². The summed E-state index contributed by atoms with van der Waals surface area (Å²) in [6.07, 6.45) is 4.07. The molecule has 2 N–H and O–H groups in total. The summed E-state index contributed by atoms with van der Waals surface area (Å²) in [4.78, 5) is 20.7. The van der Waals surface area contributed by atoms with Gasteiger partial charge in [0.25, 0.3) is 0 Å². The van der Waals surface area contributed by atoms with E-state index in [9.17, 15) is 4.79 Å². The monoisotopic (exact) mass is 445 g/mol. The second-order valence-corrected chi connectivity index (χ2v) is 8.85. The Bertz CT molecular complexity index is 777. The number of likely N-dealkylation sites (N-methyl/N-ethyl adjacent to an activating group) is 1. The van der Waals surface area contributed by atoms with Crippen molar-refractivity contribution < 1.29 is 14.3 Å². The number of nitrogens with zero attached hydrogens (tertiary/aromatic N) is 3. The third kappa shape index (κ3) is 6.84. The van der Waals surface area contributed by atoms with Gasteiger partial charge in [-0.2, -0.15) is 0 Å². The molecule has 0 aromatic heterocycles. The number of likely N-dealkylation sites (tertiary alicyclic amines) is 1. The summed E-state index contributed by atoms with van der Waals surface area (Å²) < 4.78 is 11.6. The molecular weight excluding hydrogens is 406 g/mol. The first kappa shape index (κ1) is 24.3. The lowest BCUT2D eigenvalue weighted by molar-refractivity contribution is -0.133. The third-order valence-corrected chi connectivity index (χ3v) is 6.08. The van der Waals surface area contributed by atoms with Gasteiger partial charge >= 0.3 is 0 Å². The van der Waals surface area contributed by atoms with Crippen LogP contribution >= 0.6 is 0 Å². The van der Waals surface area contributed by atoms with Crippen molar-refractivity contribution in [1.29, 1.82) is 0 Å². The summed E-state index contributed by atoms with van der Waals surface area (Å²) in [6.45, 7) is 6.84. The SMILES string of the molecule is CN=C(NCCCN1CCCC1C(=O)N(C)C)NCc1ccc(C)cc1OC1CCOC1. The molecule has 2 saturated heterocycles. The van der Waals surface area contributed by atoms with Gasteiger partial charge < -0.3 is 25.0 Å². The smallest absolute Gasteiger partial charge is 0.239 e. The highest BCUT2D eigenvalue weighted by Gasteiger charge is 2.31. The van der Waals surface area contributed by atoms with Gasteiger partial charge in [-0.15, -0.1) is 0 Å². The summed E-state index contributed by atoms with van der Waals surface area (Å²) in [5.74, 6) is 1.89. The number of carbonyl (C=O) groups excluding carboxylic acids is 1. The normalized spacial score (nSPS) is 21.6. The third-order valence-electron chi connectivity index (χ3n) is 6.08. The molecule has 1 amide bonds. The van der Waals surface area contributed by atoms with E-state index in [0.717, 1.165) is 69.2 Å². The molecule has 2 heterocycles. The van der Waals surface area contributed by atoms with Crippen LogP contribution in [0.1, 0.15) is 36.8 Å². The van der Waals surface area contributed by atoms with E-state index >= 15 is 0 Å². The van der Waals surface area contributed by atoms with Crippen LogP contribution < -0.4 is 15.4 Å². The number of nitrogens with one attached hydrogen (secondary N) is 2. The summed E-state index contributed by atoms with van der Waals surface area (Å²) >= 11 is 0. The summed E-state index contributed by atoms with van der Waals surface area (Å²) in [7, 11) is 5.45. The predicted octanol–water partition coefficient (Wildman–Crippen LogP) is 1.77. The Balaban J connectivity index is 1.44. The number of guanidine groups is 1. The van der Waals surface area contributed by atoms with Crippen molar-refractivity contribution in [3.63, 3.8) is 0 Å². The van der Waals surface area contributed by atoms with Gasteiger partial charge in [0, 0.05) is 52.8 Å². The zero-order valence-corrected chi connectivity index (χ0v) is 20.0. The summed E-state index contributed by atoms with van der Waals surface area (Å²) in [5, 5.41) is 6.78. The lowest BCUT2D eigenvalue weighted by Gasteiger charge is -2.26. The van der Waals surface area contributed by atoms with E-state index in [0.29, 0.717) is 13.2 Å². The average molecular weight is 446 g/mol. The first-order valence-electron chi connectivity index (χ1n) is 11.7. The van der Waals surface area contributed by atoms with Crippen molar-refractivity contribution >= 4 is 11.9 Å². The van der Waals surface area contributed by atoms with E-state index in [4.69, 9.17) is 9.47 Å². The molecule has 8 heteroatoms. The molecule has 2 atom stereocenters. The van der Waals surface area contributed by atoms with Crippen LogP contribution in [0.25, 0.3) is 0 Å². The second kappa shape index (κ2) is 12.1. The number of benzene rings is 1. The minimum absolute atomic E-state index is 0.0349. The van der Waals surface area contributed by atoms with Gasteiger partial charge in [-0.25, -0.2) is 0 Å². The van der Waals surface area contributed by atoms with Gasteiger partial charge in [0.2, 0.25) is 5.91 Å². The number of ether oxygens (including phenoxy) is 2. The highest BCUT2D eigenvalue weighted by molar-refractivity contribution is 5.81. The van der Waals surface area contributed by atoms with Crippen LogP contribution in [0, 0.1) is 6.92 Å². The molecule has 2 aliphatic heterocycles. The van der Waals surface area contributed by atoms with Gasteiger partial charge in [0.05, 0.1) is 19.3 Å². The molecule has 32 heavy (non-hydrogen) atoms. The van der Waals surface area contributed by atoms with E-state index in [1.165, 1.54) is 5.56 Å². The number of hydrogen-bond acceptors (Lipinski definition) is 5. The largest absolute Gasteiger partial charge is 0.488 e. The summed E-state index contributed by atoms with van der Waals surface area (Å²) in [6, 6.07) is 6.34. The molecular formula is C24H39N5O3. The maximum Gasteiger partial charge on any atom is 0.239 e. The maximum absolute atomic E-state index is 12.3. The molecule has 2 unspecified atom stereocenters. The first-order valence-corrected chi connectivity index (χ1v) is 11.7. The number of aryl methyl sites for hydroxylation is 1. The van der Waals surface area contributed by atoms with Crippen LogP contribution in [0.2, 0.25) is 0 Å². The molecule has 0 spiro atoms. The van der Waals surface area contributed by atoms with Gasteiger partial charge in [-0.05, 0) is 44.4 Å². The van der Waals surface area contributed by atoms with Crippen LogP contribution in [0.5, 0.6) is 5.75 Å². The predicted molar refractivity (Wildman–Crippen MR) is 127 cm³/mol. The molecule has 0 saturated carbocycles. The van der Waals surface area contributed by atoms with Crippen molar-refractivity contribution in [1.82, 2.24) is 20.4 Å². The van der Waals surface area contributed by atoms with Crippen molar-refractivity contribution in [3.8, 4) is 5.75 Å². The van der Waals surface area contributed by atoms with E-state index in [1.54, 1.807) is 11.9 Å². The fraction of sp³-hybridized carbons (Fsp3) is 0.667. The highest BCUT2D eigenvalue weighted by Crippen LogP contribution is 2.24. The van der Waals surface area contributed by atoms with Crippen molar-refractivity contribution in [2.24, 2.45) is 4.99 Å². The molecule has 178 valence electrons. The highest BCUT2D eigenvalue weighted by atomic mass is 16.5. The van der Waals surface area contributed by atoms with Crippen molar-refractivity contribution in [2.75, 3.05) is 54.0 Å². The van der Waals surface area contributed by atoms with Gasteiger partial charge in [0.15, 0.2) is 5.96 Å². The van der Waals surface area contributed by atoms with E-state index < -0.39 is 0 Å². The van der Waals surface area contributed by atoms with E-state index in [-0.39, 0.29) is 18.1 Å². The lowest BCUT2D eigenvalue weighted by atomic mass is 10.1. The van der Waals surface area contributed by atoms with Crippen molar-refractivity contribution in [3.05, 3.63) is 29.3 Å². The molecule has 0 radical (unpaired) electrons. The second-order valence-electron chi connectivity index (χ2n) is 8.85. The number of hydrogen-bond donors (Lipinski definition) is 2. The molecule has 1 aromatic rings. The minimum atomic E-state index is 0.0349. The standard InChI is InChI=1S/C24H39N5O3/c1-18-8-9-19(22(15-18)32-20-10-14-31-17-20)16-27-24(25-2)26-11-6-13-29-12-5-7-21(29)23(30)28(3)4/h8-9,15,20-21H,5-7,10-14,16-17H2,1-4H3,(H2,25,26,27). The number of rotatable bonds is 9. The minimum Gasteiger partial charge on any atom is -0.488 e. The van der Waals surface area contributed by atoms with Gasteiger partial charge in [-0.1, -0.05) is 12.1 Å². The quantitative estimate of drug-likeness (QED) is 0.343. The van der Waals surface area contributed by atoms with Crippen LogP contribution in [0.3, 0.4) is 0 Å². The molecule has 0 bridgehead atoms. The Morgan fingerprint density at radius 3 is 2.88 bits per heavy atom. The Morgan fingerprint density at radius 1 is 1.31 bits per heavy atom. The van der Waals surface area contributed by atoms with Gasteiger partial charge in [0.1, 0.15) is 11.9 Å². The number of amides is 1. The van der Waals surface area contributed by atoms with E-state index in [1.807, 2.05) is 14.1 Å². The number of carbonyl (C=O) groups is 1. The van der Waals surface area contributed by atoms with E-state index in [2.05, 4.69) is 45.6 Å². The van der Waals surface area contributed by atoms with Crippen LogP contribution in [-0.4, -0.2) is 87.8 Å². The Kier molecular flexibility index (Phi) is 9.17. The zero-order chi connectivity index (χ0) is 22.9. The van der Waals surface area contributed by atoms with Crippen LogP contribution in [0.4, 0.5) is 0 Å². The molecule has 2 fully saturated rings. The Morgan fingerprint density at radius 2 is 2.16 bits per heavy atom. The molecule has 8 nitrogen and oxygen atoms in total. The first-order chi connectivity index (χ1) is 15.5. The summed E-state index contributed by atoms with van der Waals surface area (Å²) in [5.41, 5.74) is 2.28. The number of aliphatic imine (C=N–C) groups is 1. The maximum atomic E-state index is 12.3. The molecule has 1 aromatic carbocycles. The van der Waals surface area contributed by atoms with Crippen molar-refractivity contribution in [2.45, 2.75) is 51.3 Å². The topological polar surface area (TPSA) is 78.4 Å². The molecule has 2 aliphatic rings. The fourth-order valence-electron chi connectivity index (χ4n) is 4.26. The molecule has 3 rings (SSSR count). The zero-order valence-electron chi connectivity index (χ0n) is 20.0. The Hall–Kier alpha value is -2.32. The average Bonchev–Trinajstić information content (AvgIpc) is 3.45. The van der Waals surface area contributed by atoms with Crippen LogP contribution in [-0.2, 0) is 16.1 Å². The van der Waals surface area contributed by atoms with Crippen LogP contribution in [0.15, 0.2) is 23.2 Å². The lowest BCUT2D eigenvalue weighted by Crippen LogP contribution is -2.44. The fourth-order valence-corrected chi connectivity index (χ4v) is 4.26. The van der Waals surface area contributed by atoms with Gasteiger partial charge in [-0.3, -0.25) is 14.7 Å².